The molecule has 0 aliphatic heterocycles. The van der Waals surface area contributed by atoms with Gasteiger partial charge < -0.3 is 9.84 Å². The number of nitrogens with zero attached hydrogens (tertiary/aromatic N) is 1. The number of halogens is 1. The minimum Gasteiger partial charge on any atom is -0.480 e. The van der Waals surface area contributed by atoms with E-state index in [-0.39, 0.29) is 12.1 Å². The van der Waals surface area contributed by atoms with Crippen molar-refractivity contribution in [2.45, 2.75) is 12.5 Å². The number of para-hydroxylation sites is 2. The van der Waals surface area contributed by atoms with Gasteiger partial charge in [-0.05, 0) is 48.0 Å². The van der Waals surface area contributed by atoms with Crippen molar-refractivity contribution < 1.29 is 27.4 Å². The van der Waals surface area contributed by atoms with E-state index in [4.69, 9.17) is 4.74 Å². The van der Waals surface area contributed by atoms with Crippen molar-refractivity contribution in [1.82, 2.24) is 0 Å². The van der Waals surface area contributed by atoms with E-state index in [0.29, 0.717) is 17.1 Å². The molecule has 30 heavy (non-hydrogen) atoms. The molecule has 3 rings (SSSR count). The number of carboxylic acids is 1. The van der Waals surface area contributed by atoms with E-state index in [2.05, 4.69) is 0 Å². The number of carbonyl (C=O) groups is 1. The van der Waals surface area contributed by atoms with Gasteiger partial charge in [0.25, 0.3) is 0 Å². The third kappa shape index (κ3) is 5.15. The number of sulfonamides is 1. The lowest BCUT2D eigenvalue weighted by molar-refractivity contribution is -0.138. The monoisotopic (exact) mass is 429 g/mol. The smallest absolute Gasteiger partial charge is 0.327 e. The fraction of sp³-hybridized carbons (Fsp3) is 0.136. The molecule has 0 fully saturated rings. The van der Waals surface area contributed by atoms with Gasteiger partial charge in [-0.2, -0.15) is 0 Å². The maximum absolute atomic E-state index is 13.3. The molecule has 1 N–H and O–H groups in total. The van der Waals surface area contributed by atoms with Crippen molar-refractivity contribution in [3.8, 4) is 11.5 Å². The molecule has 0 aromatic heterocycles. The molecule has 0 bridgehead atoms. The van der Waals surface area contributed by atoms with Crippen molar-refractivity contribution in [2.24, 2.45) is 0 Å². The van der Waals surface area contributed by atoms with E-state index < -0.39 is 27.9 Å². The van der Waals surface area contributed by atoms with Crippen LogP contribution in [-0.2, 0) is 21.2 Å². The Bertz CT molecular complexity index is 1120. The lowest BCUT2D eigenvalue weighted by Crippen LogP contribution is -2.46. The molecule has 0 amide bonds. The summed E-state index contributed by atoms with van der Waals surface area (Å²) in [5.74, 6) is -0.905. The standard InChI is InChI=1S/C22H20FNO5S/c1-30(27,28)24(18-13-11-17(23)12-14-18)20(22(25)26)15-16-7-5-6-10-21(16)29-19-8-3-2-4-9-19/h2-14,20H,15H2,1H3,(H,25,26)/t20-/m0/s1. The largest absolute Gasteiger partial charge is 0.480 e. The Morgan fingerprint density at radius 2 is 1.60 bits per heavy atom. The van der Waals surface area contributed by atoms with Gasteiger partial charge in [0.2, 0.25) is 10.0 Å². The van der Waals surface area contributed by atoms with Gasteiger partial charge in [-0.1, -0.05) is 36.4 Å². The Kier molecular flexibility index (Phi) is 6.37. The first-order valence-corrected chi connectivity index (χ1v) is 10.9. The minimum absolute atomic E-state index is 0.0627. The quantitative estimate of drug-likeness (QED) is 0.583. The maximum atomic E-state index is 13.3. The summed E-state index contributed by atoms with van der Waals surface area (Å²) in [6.45, 7) is 0. The fourth-order valence-electron chi connectivity index (χ4n) is 3.06. The molecule has 0 saturated carbocycles. The van der Waals surface area contributed by atoms with Crippen LogP contribution in [0.4, 0.5) is 10.1 Å². The van der Waals surface area contributed by atoms with Gasteiger partial charge in [-0.3, -0.25) is 4.31 Å². The lowest BCUT2D eigenvalue weighted by Gasteiger charge is -2.29. The molecule has 0 saturated heterocycles. The van der Waals surface area contributed by atoms with Crippen LogP contribution < -0.4 is 9.04 Å². The number of aliphatic carboxylic acids is 1. The van der Waals surface area contributed by atoms with Crippen LogP contribution in [0.1, 0.15) is 5.56 Å². The predicted molar refractivity (Wildman–Crippen MR) is 112 cm³/mol. The second kappa shape index (κ2) is 8.96. The van der Waals surface area contributed by atoms with Crippen LogP contribution in [0.25, 0.3) is 0 Å². The van der Waals surface area contributed by atoms with Gasteiger partial charge in [0, 0.05) is 6.42 Å². The summed E-state index contributed by atoms with van der Waals surface area (Å²) in [4.78, 5) is 12.1. The Hall–Kier alpha value is -3.39. The molecular weight excluding hydrogens is 409 g/mol. The van der Waals surface area contributed by atoms with Crippen LogP contribution in [0.3, 0.4) is 0 Å². The molecule has 8 heteroatoms. The molecule has 1 atom stereocenters. The van der Waals surface area contributed by atoms with Crippen LogP contribution in [-0.4, -0.2) is 31.8 Å². The van der Waals surface area contributed by atoms with Gasteiger partial charge in [0.1, 0.15) is 23.4 Å². The normalized spacial score (nSPS) is 12.2. The average Bonchev–Trinajstić information content (AvgIpc) is 2.70. The van der Waals surface area contributed by atoms with Gasteiger partial charge >= 0.3 is 5.97 Å². The van der Waals surface area contributed by atoms with Gasteiger partial charge in [0.15, 0.2) is 0 Å². The van der Waals surface area contributed by atoms with Gasteiger partial charge in [0.05, 0.1) is 11.9 Å². The molecule has 156 valence electrons. The highest BCUT2D eigenvalue weighted by Gasteiger charge is 2.33. The second-order valence-electron chi connectivity index (χ2n) is 6.62. The number of carboxylic acid groups (broad SMARTS) is 1. The SMILES string of the molecule is CS(=O)(=O)N(c1ccc(F)cc1)[C@@H](Cc1ccccc1Oc1ccccc1)C(=O)O. The van der Waals surface area contributed by atoms with Crippen LogP contribution in [0.2, 0.25) is 0 Å². The highest BCUT2D eigenvalue weighted by Crippen LogP contribution is 2.29. The third-order valence-corrected chi connectivity index (χ3v) is 5.54. The van der Waals surface area contributed by atoms with Gasteiger partial charge in [-0.25, -0.2) is 17.6 Å². The zero-order valence-corrected chi connectivity index (χ0v) is 16.9. The zero-order valence-electron chi connectivity index (χ0n) is 16.1. The molecule has 3 aromatic carbocycles. The molecule has 0 aliphatic carbocycles. The van der Waals surface area contributed by atoms with Crippen molar-refractivity contribution in [3.05, 3.63) is 90.2 Å². The predicted octanol–water partition coefficient (Wildman–Crippen LogP) is 4.08. The van der Waals surface area contributed by atoms with E-state index >= 15 is 0 Å². The molecular formula is C22H20FNO5S. The summed E-state index contributed by atoms with van der Waals surface area (Å²) >= 11 is 0. The third-order valence-electron chi connectivity index (χ3n) is 4.36. The molecule has 0 radical (unpaired) electrons. The Morgan fingerprint density at radius 1 is 1.00 bits per heavy atom. The van der Waals surface area contributed by atoms with Crippen LogP contribution in [0.5, 0.6) is 11.5 Å². The van der Waals surface area contributed by atoms with Crippen molar-refractivity contribution in [2.75, 3.05) is 10.6 Å². The van der Waals surface area contributed by atoms with Crippen LogP contribution >= 0.6 is 0 Å². The fourth-order valence-corrected chi connectivity index (χ4v) is 4.19. The first kappa shape index (κ1) is 21.3. The maximum Gasteiger partial charge on any atom is 0.327 e. The Balaban J connectivity index is 1.99. The number of ether oxygens (including phenoxy) is 1. The highest BCUT2D eigenvalue weighted by atomic mass is 32.2. The Morgan fingerprint density at radius 3 is 2.20 bits per heavy atom. The van der Waals surface area contributed by atoms with E-state index in [9.17, 15) is 22.7 Å². The second-order valence-corrected chi connectivity index (χ2v) is 8.48. The summed E-state index contributed by atoms with van der Waals surface area (Å²) < 4.78 is 44.9. The van der Waals surface area contributed by atoms with E-state index in [1.807, 2.05) is 6.07 Å². The highest BCUT2D eigenvalue weighted by molar-refractivity contribution is 7.92. The summed E-state index contributed by atoms with van der Waals surface area (Å²) in [6.07, 6.45) is 0.765. The number of benzene rings is 3. The van der Waals surface area contributed by atoms with Crippen molar-refractivity contribution in [1.29, 1.82) is 0 Å². The summed E-state index contributed by atoms with van der Waals surface area (Å²) in [6, 6.07) is 19.0. The summed E-state index contributed by atoms with van der Waals surface area (Å²) in [5.41, 5.74) is 0.581. The minimum atomic E-state index is -3.98. The first-order chi connectivity index (χ1) is 14.3. The van der Waals surface area contributed by atoms with Crippen LogP contribution in [0.15, 0.2) is 78.9 Å². The average molecular weight is 429 g/mol. The van der Waals surface area contributed by atoms with Crippen LogP contribution in [0, 0.1) is 5.82 Å². The Labute approximate surface area is 174 Å². The summed E-state index contributed by atoms with van der Waals surface area (Å²) in [5, 5.41) is 9.84. The first-order valence-electron chi connectivity index (χ1n) is 9.04. The van der Waals surface area contributed by atoms with Crippen molar-refractivity contribution >= 4 is 21.7 Å². The van der Waals surface area contributed by atoms with Gasteiger partial charge in [-0.15, -0.1) is 0 Å². The number of hydrogen-bond donors (Lipinski definition) is 1. The summed E-state index contributed by atoms with van der Waals surface area (Å²) in [7, 11) is -3.98. The van der Waals surface area contributed by atoms with Crippen molar-refractivity contribution in [3.63, 3.8) is 0 Å². The molecule has 0 spiro atoms. The molecule has 6 nitrogen and oxygen atoms in total. The number of hydrogen-bond acceptors (Lipinski definition) is 4. The number of rotatable bonds is 8. The topological polar surface area (TPSA) is 83.9 Å². The van der Waals surface area contributed by atoms with E-state index in [0.717, 1.165) is 22.7 Å². The molecule has 3 aromatic rings. The van der Waals surface area contributed by atoms with E-state index in [1.165, 1.54) is 12.1 Å². The molecule has 0 aliphatic rings. The lowest BCUT2D eigenvalue weighted by atomic mass is 10.0. The molecule has 0 heterocycles. The zero-order chi connectivity index (χ0) is 21.7. The number of anilines is 1. The van der Waals surface area contributed by atoms with E-state index in [1.54, 1.807) is 48.5 Å². The molecule has 0 unspecified atom stereocenters.